The first-order valence-electron chi connectivity index (χ1n) is 11.1. The molecule has 0 bridgehead atoms. The Kier molecular flexibility index (Phi) is 10.9. The minimum atomic E-state index is -4.51. The van der Waals surface area contributed by atoms with Gasteiger partial charge in [-0.1, -0.05) is 11.6 Å². The SMILES string of the molecule is CCOCCCNC(=O)c1nnn(-c2ccc(C(=O)NCC(F)(F)F)cc2)c1CCCCCF. The lowest BCUT2D eigenvalue weighted by Gasteiger charge is -2.10. The van der Waals surface area contributed by atoms with Crippen molar-refractivity contribution in [2.45, 2.75) is 45.2 Å². The first-order chi connectivity index (χ1) is 16.3. The van der Waals surface area contributed by atoms with E-state index in [1.807, 2.05) is 12.2 Å². The van der Waals surface area contributed by atoms with Crippen molar-refractivity contribution >= 4 is 11.8 Å². The highest BCUT2D eigenvalue weighted by molar-refractivity contribution is 5.94. The van der Waals surface area contributed by atoms with Gasteiger partial charge < -0.3 is 15.4 Å². The second-order valence-corrected chi connectivity index (χ2v) is 7.45. The maximum Gasteiger partial charge on any atom is 0.405 e. The van der Waals surface area contributed by atoms with Gasteiger partial charge >= 0.3 is 6.18 Å². The summed E-state index contributed by atoms with van der Waals surface area (Å²) in [6.45, 7) is 1.53. The fourth-order valence-corrected chi connectivity index (χ4v) is 3.11. The Balaban J connectivity index is 2.16. The van der Waals surface area contributed by atoms with Crippen molar-refractivity contribution in [2.75, 3.05) is 33.0 Å². The van der Waals surface area contributed by atoms with Gasteiger partial charge in [-0.25, -0.2) is 4.68 Å². The fourth-order valence-electron chi connectivity index (χ4n) is 3.11. The molecule has 0 atom stereocenters. The van der Waals surface area contributed by atoms with E-state index in [2.05, 4.69) is 15.6 Å². The highest BCUT2D eigenvalue weighted by Gasteiger charge is 2.28. The molecule has 2 aromatic rings. The fraction of sp³-hybridized carbons (Fsp3) is 0.545. The summed E-state index contributed by atoms with van der Waals surface area (Å²) in [7, 11) is 0. The minimum Gasteiger partial charge on any atom is -0.382 e. The minimum absolute atomic E-state index is 0.0462. The molecule has 0 aliphatic rings. The van der Waals surface area contributed by atoms with E-state index < -0.39 is 31.2 Å². The molecule has 34 heavy (non-hydrogen) atoms. The Morgan fingerprint density at radius 2 is 1.76 bits per heavy atom. The number of ether oxygens (including phenoxy) is 1. The molecule has 8 nitrogen and oxygen atoms in total. The van der Waals surface area contributed by atoms with E-state index in [4.69, 9.17) is 4.74 Å². The molecule has 0 aliphatic heterocycles. The molecule has 1 aromatic heterocycles. The Morgan fingerprint density at radius 1 is 1.03 bits per heavy atom. The van der Waals surface area contributed by atoms with Crippen LogP contribution in [-0.2, 0) is 11.2 Å². The van der Waals surface area contributed by atoms with Crippen LogP contribution in [0.5, 0.6) is 0 Å². The molecule has 1 heterocycles. The monoisotopic (exact) mass is 487 g/mol. The molecule has 2 rings (SSSR count). The van der Waals surface area contributed by atoms with Crippen LogP contribution in [0, 0.1) is 0 Å². The van der Waals surface area contributed by atoms with Crippen LogP contribution in [0.2, 0.25) is 0 Å². The van der Waals surface area contributed by atoms with Gasteiger partial charge in [0.15, 0.2) is 5.69 Å². The lowest BCUT2D eigenvalue weighted by molar-refractivity contribution is -0.123. The Morgan fingerprint density at radius 3 is 2.41 bits per heavy atom. The smallest absolute Gasteiger partial charge is 0.382 e. The molecule has 0 unspecified atom stereocenters. The van der Waals surface area contributed by atoms with Crippen LogP contribution in [-0.4, -0.2) is 66.0 Å². The molecule has 2 N–H and O–H groups in total. The largest absolute Gasteiger partial charge is 0.405 e. The van der Waals surface area contributed by atoms with Gasteiger partial charge in [0.05, 0.1) is 18.1 Å². The number of carbonyl (C=O) groups excluding carboxylic acids is 2. The van der Waals surface area contributed by atoms with E-state index in [0.717, 1.165) is 0 Å². The normalized spacial score (nSPS) is 11.4. The van der Waals surface area contributed by atoms with Gasteiger partial charge in [0, 0.05) is 25.3 Å². The van der Waals surface area contributed by atoms with Crippen LogP contribution in [0.1, 0.15) is 59.1 Å². The van der Waals surface area contributed by atoms with Crippen LogP contribution >= 0.6 is 0 Å². The van der Waals surface area contributed by atoms with Gasteiger partial charge in [0.25, 0.3) is 11.8 Å². The first kappa shape index (κ1) is 27.2. The second-order valence-electron chi connectivity index (χ2n) is 7.45. The van der Waals surface area contributed by atoms with Crippen molar-refractivity contribution in [1.29, 1.82) is 0 Å². The summed E-state index contributed by atoms with van der Waals surface area (Å²) < 4.78 is 56.1. The first-order valence-corrected chi connectivity index (χ1v) is 11.1. The van der Waals surface area contributed by atoms with Gasteiger partial charge in [-0.3, -0.25) is 14.0 Å². The number of nitrogens with zero attached hydrogens (tertiary/aromatic N) is 3. The summed E-state index contributed by atoms with van der Waals surface area (Å²) in [5, 5.41) is 12.7. The summed E-state index contributed by atoms with van der Waals surface area (Å²) in [5.41, 5.74) is 1.19. The van der Waals surface area contributed by atoms with Crippen LogP contribution in [0.3, 0.4) is 0 Å². The Labute approximate surface area is 195 Å². The molecule has 2 amide bonds. The van der Waals surface area contributed by atoms with Crippen molar-refractivity contribution in [3.05, 3.63) is 41.2 Å². The number of alkyl halides is 4. The van der Waals surface area contributed by atoms with Gasteiger partial charge in [-0.2, -0.15) is 13.2 Å². The lowest BCUT2D eigenvalue weighted by Crippen LogP contribution is -2.33. The van der Waals surface area contributed by atoms with Crippen molar-refractivity contribution < 1.29 is 31.9 Å². The summed E-state index contributed by atoms with van der Waals surface area (Å²) in [5.74, 6) is -1.26. The van der Waals surface area contributed by atoms with E-state index in [-0.39, 0.29) is 11.3 Å². The van der Waals surface area contributed by atoms with Gasteiger partial charge in [0.1, 0.15) is 6.54 Å². The zero-order valence-electron chi connectivity index (χ0n) is 19.0. The number of aromatic nitrogens is 3. The Hall–Kier alpha value is -3.02. The topological polar surface area (TPSA) is 98.1 Å². The van der Waals surface area contributed by atoms with Crippen molar-refractivity contribution in [3.63, 3.8) is 0 Å². The van der Waals surface area contributed by atoms with Crippen LogP contribution in [0.25, 0.3) is 5.69 Å². The molecule has 188 valence electrons. The van der Waals surface area contributed by atoms with Crippen LogP contribution in [0.4, 0.5) is 17.6 Å². The number of rotatable bonds is 14. The standard InChI is InChI=1S/C22H29F4N5O3/c1-2-34-14-6-13-27-21(33)19-18(7-4-3-5-12-23)31(30-29-19)17-10-8-16(9-11-17)20(32)28-15-22(24,25)26/h8-11H,2-7,12-15H2,1H3,(H,27,33)(H,28,32). The number of nitrogens with one attached hydrogen (secondary N) is 2. The lowest BCUT2D eigenvalue weighted by atomic mass is 10.1. The number of unbranched alkanes of at least 4 members (excludes halogenated alkanes) is 2. The van der Waals surface area contributed by atoms with Crippen LogP contribution in [0.15, 0.2) is 24.3 Å². The molecular formula is C22H29F4N5O3. The van der Waals surface area contributed by atoms with E-state index in [9.17, 15) is 27.2 Å². The molecule has 0 spiro atoms. The predicted molar refractivity (Wildman–Crippen MR) is 117 cm³/mol. The molecule has 0 saturated heterocycles. The summed E-state index contributed by atoms with van der Waals surface area (Å²) in [6, 6.07) is 5.74. The van der Waals surface area contributed by atoms with Crippen molar-refractivity contribution in [1.82, 2.24) is 25.6 Å². The average molecular weight is 487 g/mol. The summed E-state index contributed by atoms with van der Waals surface area (Å²) in [6.07, 6.45) is -1.81. The number of hydrogen-bond donors (Lipinski definition) is 2. The number of carbonyl (C=O) groups is 2. The molecule has 0 aliphatic carbocycles. The molecule has 0 radical (unpaired) electrons. The highest BCUT2D eigenvalue weighted by Crippen LogP contribution is 2.18. The zero-order valence-corrected chi connectivity index (χ0v) is 19.0. The quantitative estimate of drug-likeness (QED) is 0.315. The maximum atomic E-state index is 12.7. The number of halogens is 4. The Bertz CT molecular complexity index is 916. The van der Waals surface area contributed by atoms with Crippen molar-refractivity contribution in [2.24, 2.45) is 0 Å². The zero-order chi connectivity index (χ0) is 25.0. The predicted octanol–water partition coefficient (Wildman–Crippen LogP) is 3.40. The number of hydrogen-bond acceptors (Lipinski definition) is 5. The third kappa shape index (κ3) is 8.73. The highest BCUT2D eigenvalue weighted by atomic mass is 19.4. The average Bonchev–Trinajstić information content (AvgIpc) is 3.23. The van der Waals surface area contributed by atoms with Gasteiger partial charge in [-0.05, 0) is 56.9 Å². The summed E-state index contributed by atoms with van der Waals surface area (Å²) >= 11 is 0. The third-order valence-corrected chi connectivity index (χ3v) is 4.80. The molecule has 1 aromatic carbocycles. The second kappa shape index (κ2) is 13.6. The van der Waals surface area contributed by atoms with E-state index in [1.54, 1.807) is 0 Å². The maximum absolute atomic E-state index is 12.7. The molecular weight excluding hydrogens is 458 g/mol. The van der Waals surface area contributed by atoms with Gasteiger partial charge in [-0.15, -0.1) is 5.10 Å². The van der Waals surface area contributed by atoms with E-state index in [0.29, 0.717) is 63.2 Å². The van der Waals surface area contributed by atoms with Gasteiger partial charge in [0.2, 0.25) is 0 Å². The molecule has 0 saturated carbocycles. The summed E-state index contributed by atoms with van der Waals surface area (Å²) in [4.78, 5) is 24.6. The molecule has 12 heteroatoms. The van der Waals surface area contributed by atoms with Crippen LogP contribution < -0.4 is 10.6 Å². The number of amides is 2. The van der Waals surface area contributed by atoms with E-state index >= 15 is 0 Å². The third-order valence-electron chi connectivity index (χ3n) is 4.80. The number of benzene rings is 1. The molecule has 0 fully saturated rings. The van der Waals surface area contributed by atoms with Crippen molar-refractivity contribution in [3.8, 4) is 5.69 Å². The van der Waals surface area contributed by atoms with E-state index in [1.165, 1.54) is 28.9 Å².